The van der Waals surface area contributed by atoms with Crippen molar-refractivity contribution in [3.05, 3.63) is 34.9 Å². The highest BCUT2D eigenvalue weighted by molar-refractivity contribution is 5.66. The van der Waals surface area contributed by atoms with E-state index in [2.05, 4.69) is 23.5 Å². The Morgan fingerprint density at radius 3 is 3.04 bits per heavy atom. The van der Waals surface area contributed by atoms with Crippen molar-refractivity contribution in [1.82, 2.24) is 5.32 Å². The van der Waals surface area contributed by atoms with Crippen molar-refractivity contribution in [2.75, 3.05) is 13.3 Å². The number of carbonyl (C=O) groups is 1. The number of ether oxygens (including phenoxy) is 2. The van der Waals surface area contributed by atoms with Gasteiger partial charge in [-0.25, -0.2) is 0 Å². The molecule has 0 unspecified atom stereocenters. The number of benzene rings is 1. The third-order valence-corrected chi connectivity index (χ3v) is 5.75. The van der Waals surface area contributed by atoms with Gasteiger partial charge in [0.15, 0.2) is 0 Å². The van der Waals surface area contributed by atoms with Crippen molar-refractivity contribution < 1.29 is 14.3 Å². The Morgan fingerprint density at radius 2 is 2.26 bits per heavy atom. The summed E-state index contributed by atoms with van der Waals surface area (Å²) in [6.45, 7) is 3.06. The maximum Gasteiger partial charge on any atom is 0.302 e. The van der Waals surface area contributed by atoms with Crippen LogP contribution in [0.2, 0.25) is 0 Å². The molecule has 0 aromatic heterocycles. The fourth-order valence-corrected chi connectivity index (χ4v) is 4.53. The van der Waals surface area contributed by atoms with Gasteiger partial charge in [-0.3, -0.25) is 10.1 Å². The summed E-state index contributed by atoms with van der Waals surface area (Å²) in [5, 5.41) is 3.55. The molecular formula is C19H25NO3. The molecule has 2 aliphatic carbocycles. The van der Waals surface area contributed by atoms with Crippen LogP contribution < -0.4 is 5.32 Å². The summed E-state index contributed by atoms with van der Waals surface area (Å²) in [6.07, 6.45) is 6.51. The highest BCUT2D eigenvalue weighted by atomic mass is 16.5. The average Bonchev–Trinajstić information content (AvgIpc) is 3.17. The van der Waals surface area contributed by atoms with Crippen LogP contribution >= 0.6 is 0 Å². The Morgan fingerprint density at radius 1 is 1.35 bits per heavy atom. The van der Waals surface area contributed by atoms with Crippen molar-refractivity contribution in [1.29, 1.82) is 0 Å². The molecule has 1 aromatic rings. The van der Waals surface area contributed by atoms with Crippen molar-refractivity contribution in [3.8, 4) is 0 Å². The molecule has 3 atom stereocenters. The normalized spacial score (nSPS) is 32.9. The van der Waals surface area contributed by atoms with Gasteiger partial charge >= 0.3 is 5.97 Å². The highest BCUT2D eigenvalue weighted by Gasteiger charge is 2.42. The number of nitrogens with one attached hydrogen (secondary N) is 1. The van der Waals surface area contributed by atoms with Crippen molar-refractivity contribution in [3.63, 3.8) is 0 Å². The molecule has 3 aliphatic rings. The zero-order valence-corrected chi connectivity index (χ0v) is 13.8. The minimum Gasteiger partial charge on any atom is -0.462 e. The molecule has 1 N–H and O–H groups in total. The summed E-state index contributed by atoms with van der Waals surface area (Å²) in [6, 6.07) is 6.94. The molecule has 0 amide bonds. The number of rotatable bonds is 2. The van der Waals surface area contributed by atoms with E-state index in [0.717, 1.165) is 25.9 Å². The van der Waals surface area contributed by atoms with Gasteiger partial charge in [0.2, 0.25) is 0 Å². The molecule has 1 saturated carbocycles. The van der Waals surface area contributed by atoms with Gasteiger partial charge in [0.1, 0.15) is 6.10 Å². The molecule has 1 aliphatic heterocycles. The summed E-state index contributed by atoms with van der Waals surface area (Å²) >= 11 is 0. The molecule has 1 heterocycles. The van der Waals surface area contributed by atoms with Crippen molar-refractivity contribution in [2.24, 2.45) is 0 Å². The minimum absolute atomic E-state index is 0.0560. The third-order valence-electron chi connectivity index (χ3n) is 5.75. The van der Waals surface area contributed by atoms with E-state index in [0.29, 0.717) is 12.6 Å². The van der Waals surface area contributed by atoms with Gasteiger partial charge in [-0.15, -0.1) is 0 Å². The van der Waals surface area contributed by atoms with E-state index in [1.165, 1.54) is 42.9 Å². The summed E-state index contributed by atoms with van der Waals surface area (Å²) < 4.78 is 10.9. The summed E-state index contributed by atoms with van der Waals surface area (Å²) in [5.41, 5.74) is 4.49. The molecule has 1 aromatic carbocycles. The third kappa shape index (κ3) is 3.02. The Balaban J connectivity index is 1.47. The van der Waals surface area contributed by atoms with E-state index >= 15 is 0 Å². The molecule has 0 radical (unpaired) electrons. The maximum atomic E-state index is 11.1. The summed E-state index contributed by atoms with van der Waals surface area (Å²) in [7, 11) is 0. The fourth-order valence-electron chi connectivity index (χ4n) is 4.53. The van der Waals surface area contributed by atoms with E-state index in [9.17, 15) is 4.79 Å². The maximum absolute atomic E-state index is 11.1. The van der Waals surface area contributed by atoms with Gasteiger partial charge in [0.05, 0.1) is 13.3 Å². The fraction of sp³-hybridized carbons (Fsp3) is 0.632. The topological polar surface area (TPSA) is 47.6 Å². The predicted octanol–water partition coefficient (Wildman–Crippen LogP) is 2.69. The lowest BCUT2D eigenvalue weighted by Crippen LogP contribution is -2.39. The second-order valence-electron chi connectivity index (χ2n) is 7.39. The van der Waals surface area contributed by atoms with Crippen LogP contribution in [0.4, 0.5) is 0 Å². The lowest BCUT2D eigenvalue weighted by atomic mass is 9.85. The Hall–Kier alpha value is -1.39. The van der Waals surface area contributed by atoms with Crippen molar-refractivity contribution in [2.45, 2.75) is 63.0 Å². The van der Waals surface area contributed by atoms with E-state index in [1.54, 1.807) is 0 Å². The molecule has 2 fully saturated rings. The summed E-state index contributed by atoms with van der Waals surface area (Å²) in [5.74, 6) is 0.471. The van der Waals surface area contributed by atoms with Crippen LogP contribution in [0.25, 0.3) is 0 Å². The second kappa shape index (κ2) is 5.91. The van der Waals surface area contributed by atoms with E-state index in [4.69, 9.17) is 9.47 Å². The first-order chi connectivity index (χ1) is 11.1. The minimum atomic E-state index is -0.169. The Kier molecular flexibility index (Phi) is 3.90. The molecule has 4 nitrogen and oxygen atoms in total. The summed E-state index contributed by atoms with van der Waals surface area (Å²) in [4.78, 5) is 11.1. The number of aryl methyl sites for hydroxylation is 1. The number of carbonyl (C=O) groups excluding carboxylic acids is 1. The monoisotopic (exact) mass is 315 g/mol. The Labute approximate surface area is 137 Å². The van der Waals surface area contributed by atoms with Crippen LogP contribution in [-0.2, 0) is 27.1 Å². The lowest BCUT2D eigenvalue weighted by molar-refractivity contribution is -0.146. The van der Waals surface area contributed by atoms with Crippen LogP contribution in [0.5, 0.6) is 0 Å². The molecule has 0 bridgehead atoms. The standard InChI is InChI=1S/C19H25NO3/c1-13(21)23-18-5-4-14-8-15(2-3-16(14)9-18)17-6-7-19(10-17)11-22-12-20-19/h2-3,8,17-18,20H,4-7,9-12H2,1H3/t17-,18+,19+/m0/s1. The van der Waals surface area contributed by atoms with Crippen molar-refractivity contribution >= 4 is 5.97 Å². The molecular weight excluding hydrogens is 290 g/mol. The van der Waals surface area contributed by atoms with Gasteiger partial charge < -0.3 is 9.47 Å². The predicted molar refractivity (Wildman–Crippen MR) is 87.3 cm³/mol. The van der Waals surface area contributed by atoms with E-state index in [1.807, 2.05) is 0 Å². The quantitative estimate of drug-likeness (QED) is 0.853. The van der Waals surface area contributed by atoms with Crippen LogP contribution in [0, 0.1) is 0 Å². The first kappa shape index (κ1) is 15.2. The van der Waals surface area contributed by atoms with Crippen LogP contribution in [0.15, 0.2) is 18.2 Å². The number of hydrogen-bond acceptors (Lipinski definition) is 4. The zero-order valence-electron chi connectivity index (χ0n) is 13.8. The molecule has 4 rings (SSSR count). The molecule has 4 heteroatoms. The molecule has 23 heavy (non-hydrogen) atoms. The van der Waals surface area contributed by atoms with Crippen LogP contribution in [0.1, 0.15) is 55.2 Å². The largest absolute Gasteiger partial charge is 0.462 e. The SMILES string of the molecule is CC(=O)O[C@@H]1CCc2cc([C@H]3CC[C@]4(COCN4)C3)ccc2C1. The smallest absolute Gasteiger partial charge is 0.302 e. The van der Waals surface area contributed by atoms with Gasteiger partial charge in [-0.2, -0.15) is 0 Å². The molecule has 124 valence electrons. The van der Waals surface area contributed by atoms with Gasteiger partial charge in [0, 0.05) is 18.9 Å². The average molecular weight is 315 g/mol. The first-order valence-corrected chi connectivity index (χ1v) is 8.75. The van der Waals surface area contributed by atoms with Crippen LogP contribution in [-0.4, -0.2) is 30.9 Å². The number of fused-ring (bicyclic) bond motifs is 1. The lowest BCUT2D eigenvalue weighted by Gasteiger charge is -2.26. The van der Waals surface area contributed by atoms with Gasteiger partial charge in [0.25, 0.3) is 0 Å². The Bertz CT molecular complexity index is 607. The van der Waals surface area contributed by atoms with E-state index < -0.39 is 0 Å². The first-order valence-electron chi connectivity index (χ1n) is 8.75. The number of esters is 1. The van der Waals surface area contributed by atoms with Crippen LogP contribution in [0.3, 0.4) is 0 Å². The van der Waals surface area contributed by atoms with Gasteiger partial charge in [-0.1, -0.05) is 18.2 Å². The van der Waals surface area contributed by atoms with Gasteiger partial charge in [-0.05, 0) is 54.7 Å². The zero-order chi connectivity index (χ0) is 15.9. The number of hydrogen-bond donors (Lipinski definition) is 1. The second-order valence-corrected chi connectivity index (χ2v) is 7.39. The highest BCUT2D eigenvalue weighted by Crippen LogP contribution is 2.43. The van der Waals surface area contributed by atoms with E-state index in [-0.39, 0.29) is 17.6 Å². The molecule has 1 spiro atoms. The molecule has 1 saturated heterocycles.